The maximum Gasteiger partial charge on any atom is 0.196 e. The van der Waals surface area contributed by atoms with E-state index >= 15 is 0 Å². The lowest BCUT2D eigenvalue weighted by Crippen LogP contribution is -2.11. The molecule has 0 saturated carbocycles. The van der Waals surface area contributed by atoms with Gasteiger partial charge in [0.1, 0.15) is 11.1 Å². The Kier molecular flexibility index (Phi) is 5.35. The normalized spacial score (nSPS) is 11.9. The van der Waals surface area contributed by atoms with Crippen LogP contribution < -0.4 is 0 Å². The van der Waals surface area contributed by atoms with E-state index in [4.69, 9.17) is 0 Å². The third-order valence-corrected chi connectivity index (χ3v) is 5.63. The summed E-state index contributed by atoms with van der Waals surface area (Å²) in [6, 6.07) is 29.2. The number of rotatable bonds is 6. The first-order valence-electron chi connectivity index (χ1n) is 9.02. The Hall–Kier alpha value is -3.18. The minimum Gasteiger partial charge on any atom is -0.293 e. The molecule has 0 aliphatic heterocycles. The summed E-state index contributed by atoms with van der Waals surface area (Å²) >= 11 is 1.43. The standard InChI is InChI=1S/C23H19N3OS/c1-17-24-25-23(26(17)20-15-9-4-10-16-20)28-22(19-13-7-3-8-14-19)21(27)18-11-5-2-6-12-18/h2-16,22H,1H3/t22-/m0/s1. The Bertz CT molecular complexity index is 1060. The van der Waals surface area contributed by atoms with Gasteiger partial charge in [-0.05, 0) is 24.6 Å². The molecule has 138 valence electrons. The van der Waals surface area contributed by atoms with E-state index < -0.39 is 5.25 Å². The highest BCUT2D eigenvalue weighted by atomic mass is 32.2. The van der Waals surface area contributed by atoms with E-state index in [0.29, 0.717) is 10.7 Å². The van der Waals surface area contributed by atoms with Gasteiger partial charge in [0.15, 0.2) is 10.9 Å². The fourth-order valence-electron chi connectivity index (χ4n) is 3.05. The highest BCUT2D eigenvalue weighted by Crippen LogP contribution is 2.38. The molecular weight excluding hydrogens is 366 g/mol. The van der Waals surface area contributed by atoms with Crippen LogP contribution >= 0.6 is 11.8 Å². The highest BCUT2D eigenvalue weighted by molar-refractivity contribution is 8.00. The molecule has 0 bridgehead atoms. The second kappa shape index (κ2) is 8.23. The third kappa shape index (κ3) is 3.75. The van der Waals surface area contributed by atoms with Gasteiger partial charge < -0.3 is 0 Å². The van der Waals surface area contributed by atoms with E-state index in [1.807, 2.05) is 102 Å². The Morgan fingerprint density at radius 2 is 1.39 bits per heavy atom. The zero-order chi connectivity index (χ0) is 19.3. The number of hydrogen-bond acceptors (Lipinski definition) is 4. The number of benzene rings is 3. The summed E-state index contributed by atoms with van der Waals surface area (Å²) in [5.41, 5.74) is 2.61. The zero-order valence-corrected chi connectivity index (χ0v) is 16.2. The number of para-hydroxylation sites is 1. The lowest BCUT2D eigenvalue weighted by molar-refractivity contribution is 0.0989. The summed E-state index contributed by atoms with van der Waals surface area (Å²) in [6.07, 6.45) is 0. The summed E-state index contributed by atoms with van der Waals surface area (Å²) < 4.78 is 1.98. The van der Waals surface area contributed by atoms with Gasteiger partial charge in [0.2, 0.25) is 0 Å². The van der Waals surface area contributed by atoms with Crippen LogP contribution in [-0.2, 0) is 0 Å². The average molecular weight is 385 g/mol. The van der Waals surface area contributed by atoms with Gasteiger partial charge in [-0.3, -0.25) is 9.36 Å². The van der Waals surface area contributed by atoms with E-state index in [-0.39, 0.29) is 5.78 Å². The first-order valence-corrected chi connectivity index (χ1v) is 9.90. The van der Waals surface area contributed by atoms with Gasteiger partial charge in [-0.15, -0.1) is 10.2 Å². The van der Waals surface area contributed by atoms with Crippen molar-refractivity contribution >= 4 is 17.5 Å². The Balaban J connectivity index is 1.75. The number of aromatic nitrogens is 3. The third-order valence-electron chi connectivity index (χ3n) is 4.43. The molecule has 4 aromatic rings. The van der Waals surface area contributed by atoms with Crippen LogP contribution in [0.15, 0.2) is 96.2 Å². The molecule has 28 heavy (non-hydrogen) atoms. The molecule has 0 saturated heterocycles. The molecule has 0 fully saturated rings. The molecule has 1 atom stereocenters. The van der Waals surface area contributed by atoms with E-state index in [1.165, 1.54) is 11.8 Å². The molecule has 1 aromatic heterocycles. The molecule has 1 heterocycles. The van der Waals surface area contributed by atoms with Crippen LogP contribution in [0.4, 0.5) is 0 Å². The molecular formula is C23H19N3OS. The van der Waals surface area contributed by atoms with Crippen LogP contribution in [0.2, 0.25) is 0 Å². The Morgan fingerprint density at radius 1 is 0.821 bits per heavy atom. The van der Waals surface area contributed by atoms with Crippen molar-refractivity contribution < 1.29 is 4.79 Å². The minimum absolute atomic E-state index is 0.0528. The number of hydrogen-bond donors (Lipinski definition) is 0. The SMILES string of the molecule is Cc1nnc(S[C@H](C(=O)c2ccccc2)c2ccccc2)n1-c1ccccc1. The van der Waals surface area contributed by atoms with Crippen LogP contribution in [0.5, 0.6) is 0 Å². The van der Waals surface area contributed by atoms with E-state index in [2.05, 4.69) is 10.2 Å². The number of carbonyl (C=O) groups is 1. The molecule has 0 spiro atoms. The van der Waals surface area contributed by atoms with E-state index in [9.17, 15) is 4.79 Å². The summed E-state index contributed by atoms with van der Waals surface area (Å²) in [6.45, 7) is 1.92. The molecule has 0 N–H and O–H groups in total. The fraction of sp³-hybridized carbons (Fsp3) is 0.0870. The van der Waals surface area contributed by atoms with Gasteiger partial charge in [0.05, 0.1) is 0 Å². The fourth-order valence-corrected chi connectivity index (χ4v) is 4.23. The van der Waals surface area contributed by atoms with E-state index in [0.717, 1.165) is 17.1 Å². The monoisotopic (exact) mass is 385 g/mol. The van der Waals surface area contributed by atoms with Crippen molar-refractivity contribution in [3.05, 3.63) is 108 Å². The van der Waals surface area contributed by atoms with Crippen molar-refractivity contribution in [3.8, 4) is 5.69 Å². The van der Waals surface area contributed by atoms with Crippen LogP contribution in [-0.4, -0.2) is 20.5 Å². The smallest absolute Gasteiger partial charge is 0.196 e. The van der Waals surface area contributed by atoms with Gasteiger partial charge in [-0.2, -0.15) is 0 Å². The first-order chi connectivity index (χ1) is 13.7. The maximum atomic E-state index is 13.3. The molecule has 4 nitrogen and oxygen atoms in total. The number of ketones is 1. The first kappa shape index (κ1) is 18.2. The lowest BCUT2D eigenvalue weighted by Gasteiger charge is -2.16. The molecule has 0 aliphatic carbocycles. The van der Waals surface area contributed by atoms with Gasteiger partial charge in [0, 0.05) is 11.3 Å². The van der Waals surface area contributed by atoms with Crippen LogP contribution in [0.25, 0.3) is 5.69 Å². The molecule has 3 aromatic carbocycles. The van der Waals surface area contributed by atoms with Gasteiger partial charge >= 0.3 is 0 Å². The number of Topliss-reactive ketones (excluding diaryl/α,β-unsaturated/α-hetero) is 1. The number of thioether (sulfide) groups is 1. The zero-order valence-electron chi connectivity index (χ0n) is 15.4. The van der Waals surface area contributed by atoms with E-state index in [1.54, 1.807) is 0 Å². The van der Waals surface area contributed by atoms with Crippen molar-refractivity contribution in [2.45, 2.75) is 17.3 Å². The molecule has 5 heteroatoms. The summed E-state index contributed by atoms with van der Waals surface area (Å²) in [7, 11) is 0. The predicted octanol–water partition coefficient (Wildman–Crippen LogP) is 5.29. The summed E-state index contributed by atoms with van der Waals surface area (Å²) in [5, 5.41) is 8.90. The van der Waals surface area contributed by atoms with Crippen molar-refractivity contribution in [3.63, 3.8) is 0 Å². The van der Waals surface area contributed by atoms with Crippen molar-refractivity contribution in [2.24, 2.45) is 0 Å². The molecule has 0 radical (unpaired) electrons. The van der Waals surface area contributed by atoms with Crippen LogP contribution in [0, 0.1) is 6.92 Å². The quantitative estimate of drug-likeness (QED) is 0.334. The van der Waals surface area contributed by atoms with Crippen LogP contribution in [0.3, 0.4) is 0 Å². The molecule has 0 amide bonds. The number of nitrogens with zero attached hydrogens (tertiary/aromatic N) is 3. The van der Waals surface area contributed by atoms with Gasteiger partial charge in [-0.25, -0.2) is 0 Å². The predicted molar refractivity (Wildman–Crippen MR) is 112 cm³/mol. The van der Waals surface area contributed by atoms with Crippen molar-refractivity contribution in [2.75, 3.05) is 0 Å². The Morgan fingerprint density at radius 3 is 2.04 bits per heavy atom. The topological polar surface area (TPSA) is 47.8 Å². The minimum atomic E-state index is -0.408. The lowest BCUT2D eigenvalue weighted by atomic mass is 10.0. The average Bonchev–Trinajstić information content (AvgIpc) is 3.13. The second-order valence-electron chi connectivity index (χ2n) is 6.34. The second-order valence-corrected chi connectivity index (χ2v) is 7.41. The maximum absolute atomic E-state index is 13.3. The molecule has 0 unspecified atom stereocenters. The van der Waals surface area contributed by atoms with Gasteiger partial charge in [0.25, 0.3) is 0 Å². The van der Waals surface area contributed by atoms with Gasteiger partial charge in [-0.1, -0.05) is 90.6 Å². The molecule has 4 rings (SSSR count). The van der Waals surface area contributed by atoms with Crippen molar-refractivity contribution in [1.29, 1.82) is 0 Å². The summed E-state index contributed by atoms with van der Waals surface area (Å²) in [4.78, 5) is 13.3. The van der Waals surface area contributed by atoms with Crippen molar-refractivity contribution in [1.82, 2.24) is 14.8 Å². The number of aryl methyl sites for hydroxylation is 1. The largest absolute Gasteiger partial charge is 0.293 e. The van der Waals surface area contributed by atoms with Crippen LogP contribution in [0.1, 0.15) is 27.0 Å². The molecule has 0 aliphatic rings. The highest BCUT2D eigenvalue weighted by Gasteiger charge is 2.26. The number of carbonyl (C=O) groups excluding carboxylic acids is 1. The Labute approximate surface area is 168 Å². The summed E-state index contributed by atoms with van der Waals surface area (Å²) in [5.74, 6) is 0.838.